The Balaban J connectivity index is 1.60. The molecule has 0 aromatic carbocycles. The highest BCUT2D eigenvalue weighted by atomic mass is 32.2. The van der Waals surface area contributed by atoms with Crippen LogP contribution in [0.3, 0.4) is 0 Å². The minimum absolute atomic E-state index is 0.256. The minimum atomic E-state index is -3.32. The Morgan fingerprint density at radius 2 is 1.96 bits per heavy atom. The third-order valence-corrected chi connectivity index (χ3v) is 8.49. The number of thiazole rings is 1. The van der Waals surface area contributed by atoms with Crippen molar-refractivity contribution in [3.05, 3.63) is 17.1 Å². The van der Waals surface area contributed by atoms with Crippen molar-refractivity contribution in [2.75, 3.05) is 6.54 Å². The fraction of sp³-hybridized carbons (Fsp3) is 0.688. The van der Waals surface area contributed by atoms with Gasteiger partial charge in [0.2, 0.25) is 15.9 Å². The molecule has 1 saturated heterocycles. The van der Waals surface area contributed by atoms with Crippen molar-refractivity contribution in [1.29, 1.82) is 0 Å². The minimum Gasteiger partial charge on any atom is -0.418 e. The lowest BCUT2D eigenvalue weighted by Crippen LogP contribution is -2.39. The molecule has 1 aliphatic carbocycles. The van der Waals surface area contributed by atoms with Crippen LogP contribution < -0.4 is 0 Å². The van der Waals surface area contributed by atoms with E-state index in [9.17, 15) is 8.42 Å². The van der Waals surface area contributed by atoms with E-state index < -0.39 is 10.0 Å². The molecule has 0 amide bonds. The molecule has 9 heteroatoms. The summed E-state index contributed by atoms with van der Waals surface area (Å²) in [5.41, 5.74) is 2.59. The van der Waals surface area contributed by atoms with Crippen LogP contribution in [-0.2, 0) is 10.0 Å². The first-order chi connectivity index (χ1) is 12.1. The molecule has 136 valence electrons. The van der Waals surface area contributed by atoms with Gasteiger partial charge in [-0.25, -0.2) is 13.4 Å². The number of aryl methyl sites for hydroxylation is 1. The Labute approximate surface area is 151 Å². The van der Waals surface area contributed by atoms with Gasteiger partial charge in [0.25, 0.3) is 5.89 Å². The molecule has 2 aliphatic rings. The number of hydrogen-bond donors (Lipinski definition) is 0. The number of hydrogen-bond acceptors (Lipinski definition) is 7. The predicted octanol–water partition coefficient (Wildman–Crippen LogP) is 3.30. The van der Waals surface area contributed by atoms with E-state index >= 15 is 0 Å². The average Bonchev–Trinajstić information content (AvgIpc) is 3.35. The van der Waals surface area contributed by atoms with Crippen molar-refractivity contribution in [2.45, 2.75) is 63.2 Å². The lowest BCUT2D eigenvalue weighted by molar-refractivity contribution is 0.323. The molecule has 1 aliphatic heterocycles. The summed E-state index contributed by atoms with van der Waals surface area (Å²) in [5, 5.41) is 8.03. The maximum Gasteiger partial charge on any atom is 0.259 e. The molecule has 0 bridgehead atoms. The quantitative estimate of drug-likeness (QED) is 0.806. The van der Waals surface area contributed by atoms with Crippen molar-refractivity contribution in [3.63, 3.8) is 0 Å². The van der Waals surface area contributed by atoms with Gasteiger partial charge in [-0.05, 0) is 32.6 Å². The zero-order valence-electron chi connectivity index (χ0n) is 14.2. The van der Waals surface area contributed by atoms with Crippen LogP contribution in [0.4, 0.5) is 0 Å². The van der Waals surface area contributed by atoms with E-state index in [0.29, 0.717) is 18.3 Å². The van der Waals surface area contributed by atoms with Gasteiger partial charge in [0, 0.05) is 6.54 Å². The summed E-state index contributed by atoms with van der Waals surface area (Å²) in [6, 6.07) is -0.332. The van der Waals surface area contributed by atoms with Crippen molar-refractivity contribution in [3.8, 4) is 10.8 Å². The summed E-state index contributed by atoms with van der Waals surface area (Å²) in [6.07, 6.45) is 6.22. The van der Waals surface area contributed by atoms with Crippen LogP contribution in [0.1, 0.15) is 62.6 Å². The van der Waals surface area contributed by atoms with Crippen LogP contribution in [-0.4, -0.2) is 39.7 Å². The first-order valence-corrected chi connectivity index (χ1v) is 11.2. The van der Waals surface area contributed by atoms with Crippen LogP contribution in [0.5, 0.6) is 0 Å². The molecule has 2 fully saturated rings. The molecule has 3 heterocycles. The first-order valence-electron chi connectivity index (χ1n) is 8.82. The summed E-state index contributed by atoms with van der Waals surface area (Å²) in [4.78, 5) is 5.05. The molecule has 1 saturated carbocycles. The Morgan fingerprint density at radius 3 is 2.68 bits per heavy atom. The lowest BCUT2D eigenvalue weighted by Gasteiger charge is -2.29. The summed E-state index contributed by atoms with van der Waals surface area (Å²) in [7, 11) is -3.32. The SMILES string of the molecule is Cc1ncsc1-c1nnc(C2CCCN2S(=O)(=O)C2CCCCC2)o1. The number of sulfonamides is 1. The predicted molar refractivity (Wildman–Crippen MR) is 94.6 cm³/mol. The highest BCUT2D eigenvalue weighted by Crippen LogP contribution is 2.38. The highest BCUT2D eigenvalue weighted by Gasteiger charge is 2.42. The topological polar surface area (TPSA) is 89.2 Å². The van der Waals surface area contributed by atoms with Gasteiger partial charge in [0.15, 0.2) is 0 Å². The van der Waals surface area contributed by atoms with Gasteiger partial charge < -0.3 is 4.42 Å². The summed E-state index contributed by atoms with van der Waals surface area (Å²) in [6.45, 7) is 2.44. The van der Waals surface area contributed by atoms with Crippen molar-refractivity contribution >= 4 is 21.4 Å². The summed E-state index contributed by atoms with van der Waals surface area (Å²) >= 11 is 1.45. The van der Waals surface area contributed by atoms with Crippen LogP contribution in [0.2, 0.25) is 0 Å². The molecule has 0 radical (unpaired) electrons. The van der Waals surface area contributed by atoms with E-state index in [-0.39, 0.29) is 11.3 Å². The smallest absolute Gasteiger partial charge is 0.259 e. The molecule has 4 rings (SSSR count). The van der Waals surface area contributed by atoms with Gasteiger partial charge in [-0.1, -0.05) is 19.3 Å². The van der Waals surface area contributed by atoms with Gasteiger partial charge in [-0.3, -0.25) is 0 Å². The van der Waals surface area contributed by atoms with E-state index in [1.54, 1.807) is 9.82 Å². The zero-order chi connectivity index (χ0) is 17.4. The van der Waals surface area contributed by atoms with Gasteiger partial charge in [0.1, 0.15) is 10.9 Å². The third kappa shape index (κ3) is 3.13. The fourth-order valence-electron chi connectivity index (χ4n) is 3.81. The molecular formula is C16H22N4O3S2. The van der Waals surface area contributed by atoms with Crippen molar-refractivity contribution in [2.24, 2.45) is 0 Å². The van der Waals surface area contributed by atoms with Crippen molar-refractivity contribution < 1.29 is 12.8 Å². The Morgan fingerprint density at radius 1 is 1.16 bits per heavy atom. The van der Waals surface area contributed by atoms with Crippen LogP contribution >= 0.6 is 11.3 Å². The second-order valence-electron chi connectivity index (χ2n) is 6.79. The Bertz CT molecular complexity index is 839. The largest absolute Gasteiger partial charge is 0.418 e. The Kier molecular flexibility index (Phi) is 4.63. The fourth-order valence-corrected chi connectivity index (χ4v) is 6.78. The molecule has 1 atom stereocenters. The van der Waals surface area contributed by atoms with Gasteiger partial charge >= 0.3 is 0 Å². The monoisotopic (exact) mass is 382 g/mol. The third-order valence-electron chi connectivity index (χ3n) is 5.17. The lowest BCUT2D eigenvalue weighted by atomic mass is 10.0. The van der Waals surface area contributed by atoms with Crippen molar-refractivity contribution in [1.82, 2.24) is 19.5 Å². The average molecular weight is 383 g/mol. The molecule has 1 unspecified atom stereocenters. The molecule has 2 aromatic rings. The molecule has 2 aromatic heterocycles. The standard InChI is InChI=1S/C16H22N4O3S2/c1-11-14(24-10-17-11)16-19-18-15(23-16)13-8-5-9-20(13)25(21,22)12-6-3-2-4-7-12/h10,12-13H,2-9H2,1H3. The maximum atomic E-state index is 13.1. The van der Waals surface area contributed by atoms with Gasteiger partial charge in [0.05, 0.1) is 16.5 Å². The molecule has 25 heavy (non-hydrogen) atoms. The normalized spacial score (nSPS) is 23.3. The van der Waals surface area contributed by atoms with E-state index in [1.165, 1.54) is 11.3 Å². The number of aromatic nitrogens is 3. The Hall–Kier alpha value is -1.32. The van der Waals surface area contributed by atoms with E-state index in [1.807, 2.05) is 6.92 Å². The number of rotatable bonds is 4. The maximum absolute atomic E-state index is 13.1. The second-order valence-corrected chi connectivity index (χ2v) is 9.81. The van der Waals surface area contributed by atoms with Crippen LogP contribution in [0, 0.1) is 6.92 Å². The first kappa shape index (κ1) is 17.1. The molecule has 7 nitrogen and oxygen atoms in total. The molecular weight excluding hydrogens is 360 g/mol. The summed E-state index contributed by atoms with van der Waals surface area (Å²) < 4.78 is 33.6. The van der Waals surface area contributed by atoms with Gasteiger partial charge in [-0.2, -0.15) is 4.31 Å². The van der Waals surface area contributed by atoms with E-state index in [4.69, 9.17) is 4.42 Å². The zero-order valence-corrected chi connectivity index (χ0v) is 15.9. The molecule has 0 spiro atoms. The second kappa shape index (κ2) is 6.77. The van der Waals surface area contributed by atoms with Crippen LogP contribution in [0.15, 0.2) is 9.93 Å². The number of nitrogens with zero attached hydrogens (tertiary/aromatic N) is 4. The van der Waals surface area contributed by atoms with E-state index in [2.05, 4.69) is 15.2 Å². The summed E-state index contributed by atoms with van der Waals surface area (Å²) in [5.74, 6) is 0.830. The molecule has 0 N–H and O–H groups in total. The van der Waals surface area contributed by atoms with E-state index in [0.717, 1.165) is 55.5 Å². The highest BCUT2D eigenvalue weighted by molar-refractivity contribution is 7.89. The van der Waals surface area contributed by atoms with Crippen LogP contribution in [0.25, 0.3) is 10.8 Å². The van der Waals surface area contributed by atoms with Gasteiger partial charge in [-0.15, -0.1) is 21.5 Å².